The second-order valence-electron chi connectivity index (χ2n) is 19.0. The van der Waals surface area contributed by atoms with Crippen LogP contribution in [0.2, 0.25) is 0 Å². The normalized spacial score (nSPS) is 16.3. The van der Waals surface area contributed by atoms with Gasteiger partial charge in [-0.3, -0.25) is 29.1 Å². The first-order chi connectivity index (χ1) is 32.0. The van der Waals surface area contributed by atoms with Crippen molar-refractivity contribution in [2.75, 3.05) is 26.2 Å². The summed E-state index contributed by atoms with van der Waals surface area (Å²) in [5.74, 6) is -0.786. The van der Waals surface area contributed by atoms with Gasteiger partial charge < -0.3 is 24.8 Å². The molecule has 2 N–H and O–H groups in total. The van der Waals surface area contributed by atoms with E-state index in [9.17, 15) is 19.2 Å². The molecule has 2 saturated heterocycles. The van der Waals surface area contributed by atoms with Crippen LogP contribution in [-0.4, -0.2) is 110 Å². The maximum Gasteiger partial charge on any atom is 0.306 e. The molecule has 0 aliphatic carbocycles. The van der Waals surface area contributed by atoms with Gasteiger partial charge >= 0.3 is 17.9 Å². The molecule has 0 aromatic carbocycles. The van der Waals surface area contributed by atoms with Gasteiger partial charge in [0.15, 0.2) is 0 Å². The maximum absolute atomic E-state index is 12.7. The predicted molar refractivity (Wildman–Crippen MR) is 253 cm³/mol. The number of esters is 2. The summed E-state index contributed by atoms with van der Waals surface area (Å²) >= 11 is 0. The molecule has 67 heavy (non-hydrogen) atoms. The lowest BCUT2D eigenvalue weighted by molar-refractivity contribution is -0.157. The SMILES string of the molecule is CC(C)(C)OC(=O)CCC(=O)N1CCC[C@@H](Cc2cncc(-c3cnn4ccccc34)n2)C1.CC(C)(C)OC(=O)CCC(=O)O.c1ccn2ncc(-c3cncc(C[C@@H]4CCCNC4)n3)c2c1. The number of nitrogens with zero attached hydrogens (tertiary/aromatic N) is 9. The third-order valence-electron chi connectivity index (χ3n) is 11.0. The number of likely N-dealkylation sites (tertiary alicyclic amines) is 1. The first kappa shape index (κ1) is 49.8. The lowest BCUT2D eigenvalue weighted by Crippen LogP contribution is -2.40. The smallest absolute Gasteiger partial charge is 0.306 e. The molecule has 2 aliphatic rings. The second-order valence-corrected chi connectivity index (χ2v) is 19.0. The van der Waals surface area contributed by atoms with E-state index in [1.54, 1.807) is 33.2 Å². The number of piperidine rings is 2. The van der Waals surface area contributed by atoms with Gasteiger partial charge in [-0.05, 0) is 129 Å². The van der Waals surface area contributed by atoms with Crippen LogP contribution in [0.3, 0.4) is 0 Å². The molecular formula is C50H64N10O7. The highest BCUT2D eigenvalue weighted by Crippen LogP contribution is 2.26. The van der Waals surface area contributed by atoms with Gasteiger partial charge in [-0.25, -0.2) is 19.0 Å². The molecule has 0 radical (unpaired) electrons. The van der Waals surface area contributed by atoms with Crippen molar-refractivity contribution in [3.05, 3.63) is 97.4 Å². The molecule has 17 heteroatoms. The number of carboxylic acids is 1. The van der Waals surface area contributed by atoms with Crippen molar-refractivity contribution >= 4 is 34.8 Å². The Morgan fingerprint density at radius 3 is 1.70 bits per heavy atom. The average Bonchev–Trinajstić information content (AvgIpc) is 3.93. The quantitative estimate of drug-likeness (QED) is 0.116. The average molecular weight is 917 g/mol. The highest BCUT2D eigenvalue weighted by molar-refractivity contribution is 5.82. The van der Waals surface area contributed by atoms with Gasteiger partial charge in [0.25, 0.3) is 0 Å². The summed E-state index contributed by atoms with van der Waals surface area (Å²) < 4.78 is 13.9. The molecule has 0 saturated carbocycles. The summed E-state index contributed by atoms with van der Waals surface area (Å²) in [6.07, 6.45) is 21.2. The van der Waals surface area contributed by atoms with Crippen molar-refractivity contribution in [3.8, 4) is 22.5 Å². The van der Waals surface area contributed by atoms with Gasteiger partial charge in [0.2, 0.25) is 5.91 Å². The molecule has 6 aromatic heterocycles. The van der Waals surface area contributed by atoms with Crippen molar-refractivity contribution < 1.29 is 33.8 Å². The molecule has 1 amide bonds. The topological polar surface area (TPSA) is 208 Å². The van der Waals surface area contributed by atoms with Crippen LogP contribution >= 0.6 is 0 Å². The summed E-state index contributed by atoms with van der Waals surface area (Å²) in [6.45, 7) is 14.4. The number of ether oxygens (including phenoxy) is 2. The number of carbonyl (C=O) groups is 4. The van der Waals surface area contributed by atoms with E-state index in [0.717, 1.165) is 90.3 Å². The zero-order chi connectivity index (χ0) is 48.0. The highest BCUT2D eigenvalue weighted by Gasteiger charge is 2.26. The molecule has 0 unspecified atom stereocenters. The van der Waals surface area contributed by atoms with E-state index < -0.39 is 23.1 Å². The fraction of sp³-hybridized carbons (Fsp3) is 0.480. The molecule has 356 valence electrons. The van der Waals surface area contributed by atoms with Crippen LogP contribution in [0.25, 0.3) is 33.5 Å². The lowest BCUT2D eigenvalue weighted by Gasteiger charge is -2.33. The maximum atomic E-state index is 12.7. The van der Waals surface area contributed by atoms with Crippen LogP contribution in [0, 0.1) is 11.8 Å². The van der Waals surface area contributed by atoms with E-state index in [1.807, 2.05) is 102 Å². The molecule has 2 atom stereocenters. The largest absolute Gasteiger partial charge is 0.481 e. The van der Waals surface area contributed by atoms with Gasteiger partial charge in [0.1, 0.15) is 11.2 Å². The fourth-order valence-corrected chi connectivity index (χ4v) is 8.04. The van der Waals surface area contributed by atoms with Gasteiger partial charge in [0, 0.05) is 55.4 Å². The summed E-state index contributed by atoms with van der Waals surface area (Å²) in [7, 11) is 0. The Kier molecular flexibility index (Phi) is 17.3. The van der Waals surface area contributed by atoms with E-state index in [-0.39, 0.29) is 37.6 Å². The van der Waals surface area contributed by atoms with Crippen LogP contribution in [0.1, 0.15) is 104 Å². The van der Waals surface area contributed by atoms with Gasteiger partial charge in [-0.15, -0.1) is 0 Å². The van der Waals surface area contributed by atoms with Crippen LogP contribution < -0.4 is 5.32 Å². The first-order valence-corrected chi connectivity index (χ1v) is 23.1. The van der Waals surface area contributed by atoms with E-state index in [1.165, 1.54) is 12.8 Å². The van der Waals surface area contributed by atoms with Gasteiger partial charge in [0.05, 0.1) is 77.9 Å². The van der Waals surface area contributed by atoms with Crippen molar-refractivity contribution in [1.29, 1.82) is 0 Å². The standard InChI is InChI=1S/C25H31N5O3.C17H19N5.C8H14O4/c1-25(2,3)33-24(32)10-9-23(31)29-11-6-7-18(17-29)13-19-14-26-16-21(28-19)20-15-27-30-12-5-4-8-22(20)30;1-2-7-22-17(5-1)15(11-20-22)16-12-19-10-14(21-16)8-13-4-3-6-18-9-13;1-8(2,3)12-7(11)5-4-6(9)10/h4-5,8,12,14-16,18H,6-7,9-11,13,17H2,1-3H3;1-2,5,7,10-13,18H,3-4,6,8-9H2;4-5H2,1-3H3,(H,9,10)/t18-;13-;/m00./s1. The minimum absolute atomic E-state index is 0.0109. The Morgan fingerprint density at radius 2 is 1.19 bits per heavy atom. The Hall–Kier alpha value is -6.62. The summed E-state index contributed by atoms with van der Waals surface area (Å²) in [5, 5.41) is 20.5. The zero-order valence-electron chi connectivity index (χ0n) is 39.6. The van der Waals surface area contributed by atoms with Crippen LogP contribution in [0.4, 0.5) is 0 Å². The lowest BCUT2D eigenvalue weighted by atomic mass is 9.93. The summed E-state index contributed by atoms with van der Waals surface area (Å²) in [6, 6.07) is 12.0. The van der Waals surface area contributed by atoms with Crippen molar-refractivity contribution in [3.63, 3.8) is 0 Å². The Morgan fingerprint density at radius 1 is 0.672 bits per heavy atom. The first-order valence-electron chi connectivity index (χ1n) is 23.1. The molecule has 6 aromatic rings. The number of nitrogens with one attached hydrogen (secondary N) is 1. The minimum atomic E-state index is -0.985. The van der Waals surface area contributed by atoms with Crippen LogP contribution in [0.15, 0.2) is 86.0 Å². The number of carboxylic acid groups (broad SMARTS) is 1. The number of aromatic nitrogens is 8. The summed E-state index contributed by atoms with van der Waals surface area (Å²) in [5.41, 5.74) is 6.67. The number of carbonyl (C=O) groups excluding carboxylic acids is 3. The van der Waals surface area contributed by atoms with Crippen LogP contribution in [0.5, 0.6) is 0 Å². The molecule has 2 fully saturated rings. The number of hydrogen-bond donors (Lipinski definition) is 2. The zero-order valence-corrected chi connectivity index (χ0v) is 39.6. The monoisotopic (exact) mass is 916 g/mol. The number of rotatable bonds is 12. The predicted octanol–water partition coefficient (Wildman–Crippen LogP) is 7.22. The Labute approximate surface area is 391 Å². The molecule has 0 bridgehead atoms. The van der Waals surface area contributed by atoms with E-state index in [2.05, 4.69) is 31.5 Å². The third-order valence-corrected chi connectivity index (χ3v) is 11.0. The molecule has 2 aliphatic heterocycles. The molecular weight excluding hydrogens is 853 g/mol. The third kappa shape index (κ3) is 15.8. The van der Waals surface area contributed by atoms with E-state index in [0.29, 0.717) is 18.4 Å². The number of hydrogen-bond acceptors (Lipinski definition) is 13. The Bertz CT molecular complexity index is 2590. The van der Waals surface area contributed by atoms with Gasteiger partial charge in [-0.2, -0.15) is 10.2 Å². The number of aliphatic carboxylic acids is 1. The van der Waals surface area contributed by atoms with Gasteiger partial charge in [-0.1, -0.05) is 12.1 Å². The fourth-order valence-electron chi connectivity index (χ4n) is 8.04. The summed E-state index contributed by atoms with van der Waals surface area (Å²) in [4.78, 5) is 65.9. The Balaban J connectivity index is 0.000000187. The molecule has 17 nitrogen and oxygen atoms in total. The number of pyridine rings is 2. The van der Waals surface area contributed by atoms with Crippen molar-refractivity contribution in [2.45, 2.75) is 117 Å². The van der Waals surface area contributed by atoms with Crippen molar-refractivity contribution in [2.24, 2.45) is 11.8 Å². The minimum Gasteiger partial charge on any atom is -0.481 e. The molecule has 8 heterocycles. The van der Waals surface area contributed by atoms with Crippen molar-refractivity contribution in [1.82, 2.24) is 49.4 Å². The molecule has 0 spiro atoms. The second kappa shape index (κ2) is 23.2. The van der Waals surface area contributed by atoms with E-state index in [4.69, 9.17) is 24.5 Å². The molecule has 8 rings (SSSR count). The van der Waals surface area contributed by atoms with Crippen LogP contribution in [-0.2, 0) is 41.5 Å². The highest BCUT2D eigenvalue weighted by atomic mass is 16.6. The number of amides is 1. The number of fused-ring (bicyclic) bond motifs is 2. The van der Waals surface area contributed by atoms with E-state index >= 15 is 0 Å².